The molecule has 0 heterocycles. The Balaban J connectivity index is 0. The molecule has 0 aromatic carbocycles. The molecule has 0 fully saturated rings. The van der Waals surface area contributed by atoms with Crippen molar-refractivity contribution in [3.8, 4) is 0 Å². The van der Waals surface area contributed by atoms with Crippen LogP contribution in [0.15, 0.2) is 0 Å². The third kappa shape index (κ3) is 9.70. The van der Waals surface area contributed by atoms with Crippen molar-refractivity contribution in [3.05, 3.63) is 0 Å². The molecule has 0 aromatic heterocycles. The van der Waals surface area contributed by atoms with Crippen LogP contribution in [0, 0.1) is 5.92 Å². The molecule has 0 amide bonds. The molecule has 0 saturated heterocycles. The Morgan fingerprint density at radius 2 is 1.44 bits per heavy atom. The minimum absolute atomic E-state index is 0.115. The number of hydrogen-bond donors (Lipinski definition) is 1. The van der Waals surface area contributed by atoms with Gasteiger partial charge >= 0.3 is 31.8 Å². The van der Waals surface area contributed by atoms with Crippen molar-refractivity contribution in [1.82, 2.24) is 0 Å². The second-order valence-corrected chi connectivity index (χ2v) is 3.09. The minimum atomic E-state index is -1.56. The molecule has 0 atom stereocenters. The molecule has 0 aliphatic carbocycles. The van der Waals surface area contributed by atoms with E-state index in [0.29, 0.717) is 0 Å². The van der Waals surface area contributed by atoms with Crippen LogP contribution in [-0.4, -0.2) is 9.63 Å². The molecule has 0 aromatic rings. The van der Waals surface area contributed by atoms with Gasteiger partial charge in [-0.2, -0.15) is 0 Å². The van der Waals surface area contributed by atoms with Crippen molar-refractivity contribution >= 4 is 31.8 Å². The number of halogens is 3. The first-order chi connectivity index (χ1) is 3.94. The predicted octanol–water partition coefficient (Wildman–Crippen LogP) is 2.45. The third-order valence-electron chi connectivity index (χ3n) is 0.695. The van der Waals surface area contributed by atoms with Gasteiger partial charge in [0, 0.05) is 5.92 Å². The van der Waals surface area contributed by atoms with Crippen LogP contribution in [0.1, 0.15) is 13.8 Å². The summed E-state index contributed by atoms with van der Waals surface area (Å²) in [5, 5.41) is 8.63. The molecule has 55 valence electrons. The molecule has 0 saturated carbocycles. The first-order valence-corrected chi connectivity index (χ1v) is 7.44. The average molecular weight is 357 g/mol. The van der Waals surface area contributed by atoms with Crippen molar-refractivity contribution < 1.29 is 28.3 Å². The SMILES string of the molecule is CC(C)C(O)(Cl)Cl.[Cl][Hf]. The summed E-state index contributed by atoms with van der Waals surface area (Å²) in [6.07, 6.45) is 0. The number of aliphatic hydroxyl groups is 1. The zero-order chi connectivity index (χ0) is 8.08. The quantitative estimate of drug-likeness (QED) is 0.565. The molecule has 5 heteroatoms. The predicted molar refractivity (Wildman–Crippen MR) is 37.3 cm³/mol. The Hall–Kier alpha value is 1.70. The fourth-order valence-corrected chi connectivity index (χ4v) is 0. The van der Waals surface area contributed by atoms with Crippen molar-refractivity contribution in [2.45, 2.75) is 18.4 Å². The van der Waals surface area contributed by atoms with Crippen LogP contribution in [0.2, 0.25) is 0 Å². The Kier molecular flexibility index (Phi) is 9.48. The van der Waals surface area contributed by atoms with Gasteiger partial charge in [-0.1, -0.05) is 37.0 Å². The third-order valence-corrected chi connectivity index (χ3v) is 1.57. The van der Waals surface area contributed by atoms with Crippen molar-refractivity contribution in [2.75, 3.05) is 0 Å². The summed E-state index contributed by atoms with van der Waals surface area (Å²) in [6, 6.07) is 0. The first kappa shape index (κ1) is 13.3. The van der Waals surface area contributed by atoms with E-state index in [4.69, 9.17) is 36.9 Å². The molecular weight excluding hydrogens is 349 g/mol. The number of alkyl halides is 2. The van der Waals surface area contributed by atoms with Gasteiger partial charge in [0.1, 0.15) is 0 Å². The normalized spacial score (nSPS) is 10.4. The summed E-state index contributed by atoms with van der Waals surface area (Å²) in [5.74, 6) is -0.115. The molecule has 0 rings (SSSR count). The van der Waals surface area contributed by atoms with Gasteiger partial charge < -0.3 is 5.11 Å². The molecule has 0 aliphatic heterocycles. The molecule has 9 heavy (non-hydrogen) atoms. The van der Waals surface area contributed by atoms with E-state index < -0.39 is 4.52 Å². The van der Waals surface area contributed by atoms with E-state index in [2.05, 4.69) is 0 Å². The average Bonchev–Trinajstić information content (AvgIpc) is 1.69. The topological polar surface area (TPSA) is 20.2 Å². The molecule has 0 bridgehead atoms. The summed E-state index contributed by atoms with van der Waals surface area (Å²) in [5.41, 5.74) is 0. The molecule has 0 radical (unpaired) electrons. The molecule has 0 spiro atoms. The van der Waals surface area contributed by atoms with Crippen LogP contribution in [0.3, 0.4) is 0 Å². The van der Waals surface area contributed by atoms with Crippen LogP contribution < -0.4 is 0 Å². The Labute approximate surface area is 83.8 Å². The zero-order valence-electron chi connectivity index (χ0n) is 5.16. The number of hydrogen-bond acceptors (Lipinski definition) is 1. The second kappa shape index (κ2) is 6.41. The maximum atomic E-state index is 8.63. The van der Waals surface area contributed by atoms with Crippen LogP contribution in [-0.2, 0) is 23.2 Å². The Morgan fingerprint density at radius 3 is 1.44 bits per heavy atom. The second-order valence-electron chi connectivity index (χ2n) is 1.74. The maximum absolute atomic E-state index is 8.63. The van der Waals surface area contributed by atoms with E-state index in [1.807, 2.05) is 0 Å². The van der Waals surface area contributed by atoms with E-state index >= 15 is 0 Å². The molecule has 0 unspecified atom stereocenters. The molecule has 1 N–H and O–H groups in total. The zero-order valence-corrected chi connectivity index (χ0v) is 11.0. The van der Waals surface area contributed by atoms with E-state index in [0.717, 1.165) is 23.2 Å². The van der Waals surface area contributed by atoms with E-state index in [1.165, 1.54) is 0 Å². The first-order valence-electron chi connectivity index (χ1n) is 2.23. The van der Waals surface area contributed by atoms with Gasteiger partial charge in [-0.3, -0.25) is 0 Å². The summed E-state index contributed by atoms with van der Waals surface area (Å²) >= 11 is 11.2. The van der Waals surface area contributed by atoms with Crippen molar-refractivity contribution in [2.24, 2.45) is 5.92 Å². The fourth-order valence-electron chi connectivity index (χ4n) is 0. The summed E-state index contributed by atoms with van der Waals surface area (Å²) < 4.78 is -1.56. The van der Waals surface area contributed by atoms with Gasteiger partial charge in [0.25, 0.3) is 0 Å². The molecule has 1 nitrogen and oxygen atoms in total. The van der Waals surface area contributed by atoms with Gasteiger partial charge in [-0.25, -0.2) is 0 Å². The van der Waals surface area contributed by atoms with Crippen molar-refractivity contribution in [1.29, 1.82) is 0 Å². The van der Waals surface area contributed by atoms with Gasteiger partial charge in [0.15, 0.2) is 0 Å². The van der Waals surface area contributed by atoms with Gasteiger partial charge in [-0.05, 0) is 0 Å². The summed E-state index contributed by atoms with van der Waals surface area (Å²) in [6.45, 7) is 3.47. The molecule has 0 aliphatic rings. The number of rotatable bonds is 1. The van der Waals surface area contributed by atoms with E-state index in [9.17, 15) is 0 Å². The Morgan fingerprint density at radius 1 is 1.33 bits per heavy atom. The monoisotopic (exact) mass is 357 g/mol. The molecular formula is C4H8Cl3HfO. The summed E-state index contributed by atoms with van der Waals surface area (Å²) in [7, 11) is 4.78. The van der Waals surface area contributed by atoms with Crippen LogP contribution in [0.5, 0.6) is 0 Å². The van der Waals surface area contributed by atoms with Crippen LogP contribution >= 0.6 is 31.8 Å². The van der Waals surface area contributed by atoms with Gasteiger partial charge in [0.05, 0.1) is 0 Å². The fraction of sp³-hybridized carbons (Fsp3) is 1.00. The van der Waals surface area contributed by atoms with Crippen LogP contribution in [0.25, 0.3) is 0 Å². The van der Waals surface area contributed by atoms with E-state index in [-0.39, 0.29) is 5.92 Å². The van der Waals surface area contributed by atoms with Gasteiger partial charge in [-0.15, -0.1) is 0 Å². The Bertz CT molecular complexity index is 61.3. The van der Waals surface area contributed by atoms with Crippen LogP contribution in [0.4, 0.5) is 0 Å². The summed E-state index contributed by atoms with van der Waals surface area (Å²) in [4.78, 5) is 0. The van der Waals surface area contributed by atoms with Gasteiger partial charge in [0.2, 0.25) is 4.52 Å². The van der Waals surface area contributed by atoms with Crippen molar-refractivity contribution in [3.63, 3.8) is 0 Å². The standard InChI is InChI=1S/C4H8Cl2O.ClH.Hf/c1-3(2)4(5,6)7;;/h3,7H,1-2H3;1H;/q;;+1/p-1. The van der Waals surface area contributed by atoms with E-state index in [1.54, 1.807) is 13.8 Å².